The Morgan fingerprint density at radius 3 is 2.59 bits per heavy atom. The third kappa shape index (κ3) is 6.43. The van der Waals surface area contributed by atoms with E-state index >= 15 is 0 Å². The van der Waals surface area contributed by atoms with Gasteiger partial charge in [-0.05, 0) is 72.1 Å². The molecule has 206 valence electrons. The average molecular weight is 571 g/mol. The molecule has 1 atom stereocenters. The number of halogens is 2. The minimum absolute atomic E-state index is 0.0485. The van der Waals surface area contributed by atoms with Crippen LogP contribution < -0.4 is 24.7 Å². The maximum atomic E-state index is 13.2. The molecule has 5 rings (SSSR count). The van der Waals surface area contributed by atoms with E-state index in [2.05, 4.69) is 6.07 Å². The fraction of sp³-hybridized carbons (Fsp3) is 0.125. The minimum atomic E-state index is -0.612. The monoisotopic (exact) mass is 570 g/mol. The first-order chi connectivity index (χ1) is 19.8. The Balaban J connectivity index is 1.33. The van der Waals surface area contributed by atoms with Gasteiger partial charge in [-0.3, -0.25) is 0 Å². The van der Waals surface area contributed by atoms with Gasteiger partial charge in [0.1, 0.15) is 47.1 Å². The molecule has 0 aromatic heterocycles. The normalized spacial score (nSPS) is 14.0. The molecule has 0 radical (unpaired) electrons. The van der Waals surface area contributed by atoms with Crippen LogP contribution in [0.3, 0.4) is 0 Å². The van der Waals surface area contributed by atoms with Crippen LogP contribution in [-0.4, -0.2) is 12.6 Å². The third-order valence-corrected chi connectivity index (χ3v) is 6.65. The number of nitriles is 1. The number of fused-ring (bicyclic) bond motifs is 1. The predicted octanol–water partition coefficient (Wildman–Crippen LogP) is 6.57. The molecule has 0 aliphatic carbocycles. The van der Waals surface area contributed by atoms with Gasteiger partial charge in [-0.1, -0.05) is 41.9 Å². The van der Waals surface area contributed by atoms with Crippen molar-refractivity contribution in [2.75, 3.05) is 6.61 Å². The van der Waals surface area contributed by atoms with Crippen molar-refractivity contribution >= 4 is 17.6 Å². The van der Waals surface area contributed by atoms with E-state index in [1.165, 1.54) is 12.1 Å². The van der Waals surface area contributed by atoms with Crippen molar-refractivity contribution in [2.45, 2.75) is 19.4 Å². The Labute approximate surface area is 241 Å². The van der Waals surface area contributed by atoms with Crippen LogP contribution in [0.2, 0.25) is 5.02 Å². The molecule has 0 spiro atoms. The van der Waals surface area contributed by atoms with Crippen LogP contribution in [0.1, 0.15) is 28.2 Å². The van der Waals surface area contributed by atoms with Crippen molar-refractivity contribution in [1.29, 1.82) is 5.26 Å². The molecule has 0 bridgehead atoms. The number of nitrogens with two attached hydrogens (primary N) is 1. The van der Waals surface area contributed by atoms with Gasteiger partial charge in [-0.2, -0.15) is 5.26 Å². The molecule has 1 heterocycles. The van der Waals surface area contributed by atoms with Crippen molar-refractivity contribution in [1.82, 2.24) is 0 Å². The first-order valence-corrected chi connectivity index (χ1v) is 13.0. The lowest BCUT2D eigenvalue weighted by Crippen LogP contribution is -2.22. The van der Waals surface area contributed by atoms with E-state index in [4.69, 9.17) is 36.3 Å². The average Bonchev–Trinajstić information content (AvgIpc) is 2.96. The summed E-state index contributed by atoms with van der Waals surface area (Å²) in [6.07, 6.45) is 0. The molecule has 0 fully saturated rings. The molecule has 41 heavy (non-hydrogen) atoms. The maximum Gasteiger partial charge on any atom is 0.349 e. The zero-order valence-corrected chi connectivity index (χ0v) is 22.7. The molecule has 0 saturated carbocycles. The molecular weight excluding hydrogens is 547 g/mol. The zero-order chi connectivity index (χ0) is 28.9. The summed E-state index contributed by atoms with van der Waals surface area (Å²) in [6.45, 7) is 1.76. The van der Waals surface area contributed by atoms with Gasteiger partial charge in [0.05, 0.1) is 5.92 Å². The highest BCUT2D eigenvalue weighted by atomic mass is 35.5. The number of ether oxygens (including phenoxy) is 4. The molecule has 1 aliphatic rings. The lowest BCUT2D eigenvalue weighted by atomic mass is 9.83. The smallest absolute Gasteiger partial charge is 0.349 e. The van der Waals surface area contributed by atoms with Crippen LogP contribution in [-0.2, 0) is 11.4 Å². The molecule has 0 amide bonds. The number of rotatable bonds is 8. The van der Waals surface area contributed by atoms with E-state index in [1.54, 1.807) is 54.6 Å². The summed E-state index contributed by atoms with van der Waals surface area (Å²) < 4.78 is 35.9. The highest BCUT2D eigenvalue weighted by Gasteiger charge is 2.31. The van der Waals surface area contributed by atoms with Crippen LogP contribution in [0.4, 0.5) is 4.39 Å². The van der Waals surface area contributed by atoms with Crippen molar-refractivity contribution in [3.63, 3.8) is 0 Å². The number of aryl methyl sites for hydroxylation is 1. The van der Waals surface area contributed by atoms with E-state index in [1.807, 2.05) is 25.1 Å². The van der Waals surface area contributed by atoms with Crippen molar-refractivity contribution < 1.29 is 28.1 Å². The van der Waals surface area contributed by atoms with Crippen LogP contribution >= 0.6 is 11.6 Å². The molecule has 1 aliphatic heterocycles. The summed E-state index contributed by atoms with van der Waals surface area (Å²) >= 11 is 5.97. The summed E-state index contributed by atoms with van der Waals surface area (Å²) in [6, 6.07) is 25.5. The quantitative estimate of drug-likeness (QED) is 0.189. The first-order valence-electron chi connectivity index (χ1n) is 12.6. The molecule has 4 aromatic rings. The number of esters is 1. The molecule has 7 nitrogen and oxygen atoms in total. The van der Waals surface area contributed by atoms with Gasteiger partial charge in [-0.25, -0.2) is 9.18 Å². The molecular formula is C32H24ClFN2O5. The Bertz CT molecular complexity index is 1680. The van der Waals surface area contributed by atoms with E-state index in [9.17, 15) is 14.4 Å². The number of allylic oxidation sites excluding steroid dienone is 1. The molecule has 0 saturated heterocycles. The van der Waals surface area contributed by atoms with E-state index in [0.717, 1.165) is 16.7 Å². The van der Waals surface area contributed by atoms with Gasteiger partial charge in [0.15, 0.2) is 6.61 Å². The largest absolute Gasteiger partial charge is 0.489 e. The standard InChI is InChI=1S/C32H24ClFN2O5/c1-19-13-22(33)7-12-28(19)39-18-30(37)40-25-10-11-26-29(15-25)41-32(36)27(16-35)31(26)21-3-2-4-24(14-21)38-17-20-5-8-23(34)9-6-20/h2-15,31H,17-18,36H2,1H3. The van der Waals surface area contributed by atoms with Gasteiger partial charge in [-0.15, -0.1) is 0 Å². The third-order valence-electron chi connectivity index (χ3n) is 6.41. The summed E-state index contributed by atoms with van der Waals surface area (Å²) in [4.78, 5) is 12.5. The number of carbonyl (C=O) groups is 1. The molecule has 9 heteroatoms. The number of nitrogens with zero attached hydrogens (tertiary/aromatic N) is 1. The second-order valence-corrected chi connectivity index (χ2v) is 9.72. The van der Waals surface area contributed by atoms with Crippen LogP contribution in [0, 0.1) is 24.1 Å². The molecule has 1 unspecified atom stereocenters. The fourth-order valence-corrected chi connectivity index (χ4v) is 4.67. The summed E-state index contributed by atoms with van der Waals surface area (Å²) in [5.74, 6) is 0.149. The van der Waals surface area contributed by atoms with Crippen LogP contribution in [0.15, 0.2) is 96.4 Å². The molecule has 2 N–H and O–H groups in total. The minimum Gasteiger partial charge on any atom is -0.489 e. The van der Waals surface area contributed by atoms with E-state index in [0.29, 0.717) is 27.8 Å². The second kappa shape index (κ2) is 12.0. The van der Waals surface area contributed by atoms with Crippen molar-refractivity contribution in [3.05, 3.63) is 129 Å². The van der Waals surface area contributed by atoms with Gasteiger partial charge in [0, 0.05) is 16.7 Å². The van der Waals surface area contributed by atoms with Gasteiger partial charge in [0.25, 0.3) is 0 Å². The van der Waals surface area contributed by atoms with Crippen molar-refractivity contribution in [3.8, 4) is 29.1 Å². The lowest BCUT2D eigenvalue weighted by Gasteiger charge is -2.27. The molecule has 4 aromatic carbocycles. The van der Waals surface area contributed by atoms with Gasteiger partial charge < -0.3 is 24.7 Å². The zero-order valence-electron chi connectivity index (χ0n) is 21.9. The van der Waals surface area contributed by atoms with Crippen molar-refractivity contribution in [2.24, 2.45) is 5.73 Å². The lowest BCUT2D eigenvalue weighted by molar-refractivity contribution is -0.136. The Morgan fingerprint density at radius 2 is 1.83 bits per heavy atom. The highest BCUT2D eigenvalue weighted by Crippen LogP contribution is 2.44. The van der Waals surface area contributed by atoms with E-state index in [-0.39, 0.29) is 36.2 Å². The Kier molecular flexibility index (Phi) is 8.09. The van der Waals surface area contributed by atoms with E-state index < -0.39 is 11.9 Å². The number of hydrogen-bond acceptors (Lipinski definition) is 7. The maximum absolute atomic E-state index is 13.2. The second-order valence-electron chi connectivity index (χ2n) is 9.28. The Morgan fingerprint density at radius 1 is 1.02 bits per heavy atom. The topological polar surface area (TPSA) is 104 Å². The van der Waals surface area contributed by atoms with Gasteiger partial charge in [0.2, 0.25) is 5.88 Å². The van der Waals surface area contributed by atoms with Crippen LogP contribution in [0.5, 0.6) is 23.0 Å². The predicted molar refractivity (Wildman–Crippen MR) is 150 cm³/mol. The summed E-state index contributed by atoms with van der Waals surface area (Å²) in [5, 5.41) is 10.5. The number of carbonyl (C=O) groups excluding carboxylic acids is 1. The first kappa shape index (κ1) is 27.6. The summed E-state index contributed by atoms with van der Waals surface area (Å²) in [5.41, 5.74) is 9.40. The SMILES string of the molecule is Cc1cc(Cl)ccc1OCC(=O)Oc1ccc2c(c1)OC(N)=C(C#N)C2c1cccc(OCc2ccc(F)cc2)c1. The summed E-state index contributed by atoms with van der Waals surface area (Å²) in [7, 11) is 0. The number of hydrogen-bond donors (Lipinski definition) is 1. The Hall–Kier alpha value is -5.00. The highest BCUT2D eigenvalue weighted by molar-refractivity contribution is 6.30. The van der Waals surface area contributed by atoms with Crippen LogP contribution in [0.25, 0.3) is 0 Å². The van der Waals surface area contributed by atoms with Gasteiger partial charge >= 0.3 is 5.97 Å². The number of benzene rings is 4. The fourth-order valence-electron chi connectivity index (χ4n) is 4.45.